The minimum Gasteiger partial charge on any atom is -0.461 e. The third-order valence-electron chi connectivity index (χ3n) is 4.18. The molecule has 0 atom stereocenters. The SMILES string of the molecule is O=C(CCCCCCCCCC[Si]C(Cl)Cl)OCc1ccccc1[N+](=O)[O-]. The van der Waals surface area contributed by atoms with E-state index in [4.69, 9.17) is 27.9 Å². The molecule has 0 aliphatic rings. The normalized spacial score (nSPS) is 10.9. The molecule has 0 bridgehead atoms. The van der Waals surface area contributed by atoms with Gasteiger partial charge in [-0.1, -0.05) is 63.1 Å². The number of nitro groups is 1. The Morgan fingerprint density at radius 3 is 2.26 bits per heavy atom. The summed E-state index contributed by atoms with van der Waals surface area (Å²) in [6.07, 6.45) is 9.33. The highest BCUT2D eigenvalue weighted by molar-refractivity contribution is 6.68. The molecule has 0 aliphatic heterocycles. The number of carbonyl (C=O) groups excluding carboxylic acids is 1. The Hall–Kier alpha value is -1.11. The number of nitro benzene ring substituents is 1. The molecule has 1 aromatic carbocycles. The summed E-state index contributed by atoms with van der Waals surface area (Å²) < 4.78 is 4.95. The zero-order valence-electron chi connectivity index (χ0n) is 15.5. The van der Waals surface area contributed by atoms with Gasteiger partial charge in [0.2, 0.25) is 0 Å². The minimum absolute atomic E-state index is 0.0177. The van der Waals surface area contributed by atoms with Crippen molar-refractivity contribution in [3.63, 3.8) is 0 Å². The molecule has 0 fully saturated rings. The summed E-state index contributed by atoms with van der Waals surface area (Å²) in [4.78, 5) is 22.2. The number of para-hydroxylation sites is 1. The lowest BCUT2D eigenvalue weighted by Gasteiger charge is -2.06. The van der Waals surface area contributed by atoms with Crippen molar-refractivity contribution in [2.24, 2.45) is 0 Å². The summed E-state index contributed by atoms with van der Waals surface area (Å²) in [7, 11) is 0.640. The van der Waals surface area contributed by atoms with Gasteiger partial charge in [0.25, 0.3) is 5.69 Å². The minimum atomic E-state index is -0.462. The van der Waals surface area contributed by atoms with Crippen LogP contribution in [0.1, 0.15) is 63.4 Å². The molecule has 0 saturated heterocycles. The Balaban J connectivity index is 2.00. The van der Waals surface area contributed by atoms with Crippen LogP contribution in [0, 0.1) is 10.1 Å². The highest BCUT2D eigenvalue weighted by Crippen LogP contribution is 2.19. The lowest BCUT2D eigenvalue weighted by atomic mass is 10.1. The van der Waals surface area contributed by atoms with E-state index in [1.807, 2.05) is 0 Å². The molecule has 0 unspecified atom stereocenters. The maximum Gasteiger partial charge on any atom is 0.306 e. The Bertz CT molecular complexity index is 572. The third-order valence-corrected chi connectivity index (χ3v) is 6.06. The van der Waals surface area contributed by atoms with Gasteiger partial charge >= 0.3 is 5.97 Å². The van der Waals surface area contributed by atoms with E-state index >= 15 is 0 Å². The van der Waals surface area contributed by atoms with Crippen molar-refractivity contribution in [1.29, 1.82) is 0 Å². The number of ether oxygens (including phenoxy) is 1. The molecular formula is C19H27Cl2NO4Si. The van der Waals surface area contributed by atoms with E-state index in [2.05, 4.69) is 0 Å². The van der Waals surface area contributed by atoms with Gasteiger partial charge in [-0.15, -0.1) is 23.2 Å². The molecule has 0 aliphatic carbocycles. The summed E-state index contributed by atoms with van der Waals surface area (Å²) in [6.45, 7) is -0.0509. The molecule has 0 spiro atoms. The molecule has 0 N–H and O–H groups in total. The maximum absolute atomic E-state index is 11.8. The zero-order chi connectivity index (χ0) is 19.9. The number of hydrogen-bond acceptors (Lipinski definition) is 4. The molecule has 8 heteroatoms. The number of hydrogen-bond donors (Lipinski definition) is 0. The van der Waals surface area contributed by atoms with E-state index in [1.54, 1.807) is 18.2 Å². The van der Waals surface area contributed by atoms with Gasteiger partial charge in [-0.25, -0.2) is 0 Å². The van der Waals surface area contributed by atoms with Gasteiger partial charge in [0.05, 0.1) is 24.5 Å². The van der Waals surface area contributed by atoms with Crippen molar-refractivity contribution >= 4 is 44.4 Å². The molecule has 150 valence electrons. The van der Waals surface area contributed by atoms with Crippen molar-refractivity contribution in [3.05, 3.63) is 39.9 Å². The van der Waals surface area contributed by atoms with Gasteiger partial charge in [0, 0.05) is 12.5 Å². The van der Waals surface area contributed by atoms with Crippen LogP contribution in [0.3, 0.4) is 0 Å². The summed E-state index contributed by atoms with van der Waals surface area (Å²) in [6, 6.07) is 7.43. The standard InChI is InChI=1S/C19H27Cl2NO4Si/c20-19(21)27-14-10-6-4-2-1-3-5-7-13-18(23)26-15-16-11-8-9-12-17(16)22(24)25/h8-9,11-12,19H,1-7,10,13-15H2. The topological polar surface area (TPSA) is 69.4 Å². The molecule has 0 heterocycles. The van der Waals surface area contributed by atoms with E-state index in [1.165, 1.54) is 38.2 Å². The average Bonchev–Trinajstić information content (AvgIpc) is 2.64. The molecule has 27 heavy (non-hydrogen) atoms. The number of rotatable bonds is 15. The smallest absolute Gasteiger partial charge is 0.306 e. The van der Waals surface area contributed by atoms with Crippen LogP contribution in [0.5, 0.6) is 0 Å². The first-order valence-electron chi connectivity index (χ1n) is 9.40. The Morgan fingerprint density at radius 2 is 1.63 bits per heavy atom. The molecule has 0 aromatic heterocycles. The third kappa shape index (κ3) is 12.1. The molecule has 0 amide bonds. The van der Waals surface area contributed by atoms with E-state index in [0.717, 1.165) is 25.3 Å². The van der Waals surface area contributed by atoms with Crippen LogP contribution >= 0.6 is 23.2 Å². The summed E-state index contributed by atoms with van der Waals surface area (Å²) in [5, 5.41) is 10.9. The largest absolute Gasteiger partial charge is 0.461 e. The monoisotopic (exact) mass is 431 g/mol. The molecule has 5 nitrogen and oxygen atoms in total. The highest BCUT2D eigenvalue weighted by Gasteiger charge is 2.13. The fraction of sp³-hybridized carbons (Fsp3) is 0.632. The van der Waals surface area contributed by atoms with Gasteiger partial charge in [-0.05, 0) is 12.5 Å². The van der Waals surface area contributed by atoms with E-state index in [0.29, 0.717) is 21.5 Å². The van der Waals surface area contributed by atoms with E-state index in [-0.39, 0.29) is 22.7 Å². The Morgan fingerprint density at radius 1 is 1.04 bits per heavy atom. The quantitative estimate of drug-likeness (QED) is 0.0847. The van der Waals surface area contributed by atoms with Gasteiger partial charge < -0.3 is 4.74 Å². The second-order valence-corrected chi connectivity index (χ2v) is 9.69. The predicted octanol–water partition coefficient (Wildman–Crippen LogP) is 6.03. The van der Waals surface area contributed by atoms with Crippen molar-refractivity contribution in [1.82, 2.24) is 0 Å². The van der Waals surface area contributed by atoms with Crippen molar-refractivity contribution in [2.45, 2.75) is 74.9 Å². The molecule has 1 aromatic rings. The number of halogens is 2. The number of benzene rings is 1. The van der Waals surface area contributed by atoms with E-state index in [9.17, 15) is 14.9 Å². The number of esters is 1. The second kappa shape index (κ2) is 14.9. The molecule has 1 rings (SSSR count). The van der Waals surface area contributed by atoms with Crippen molar-refractivity contribution in [2.75, 3.05) is 0 Å². The lowest BCUT2D eigenvalue weighted by Crippen LogP contribution is -2.06. The van der Waals surface area contributed by atoms with Crippen LogP contribution < -0.4 is 0 Å². The first kappa shape index (κ1) is 23.9. The average molecular weight is 432 g/mol. The van der Waals surface area contributed by atoms with Crippen LogP contribution in [0.25, 0.3) is 0 Å². The van der Waals surface area contributed by atoms with Gasteiger partial charge in [-0.3, -0.25) is 14.9 Å². The number of carbonyl (C=O) groups is 1. The molecule has 2 radical (unpaired) electrons. The maximum atomic E-state index is 11.8. The molecular weight excluding hydrogens is 405 g/mol. The van der Waals surface area contributed by atoms with Gasteiger partial charge in [0.15, 0.2) is 0 Å². The first-order chi connectivity index (χ1) is 13.0. The van der Waals surface area contributed by atoms with Crippen LogP contribution in [0.15, 0.2) is 24.3 Å². The number of nitrogens with zero attached hydrogens (tertiary/aromatic N) is 1. The second-order valence-electron chi connectivity index (χ2n) is 6.38. The van der Waals surface area contributed by atoms with Crippen LogP contribution in [-0.2, 0) is 16.1 Å². The summed E-state index contributed by atoms with van der Waals surface area (Å²) >= 11 is 11.4. The predicted molar refractivity (Wildman–Crippen MR) is 111 cm³/mol. The fourth-order valence-electron chi connectivity index (χ4n) is 2.71. The number of unbranched alkanes of at least 4 members (excludes halogenated alkanes) is 7. The summed E-state index contributed by atoms with van der Waals surface area (Å²) in [5.41, 5.74) is 0.403. The highest BCUT2D eigenvalue weighted by atomic mass is 35.5. The first-order valence-corrected chi connectivity index (χ1v) is 11.6. The Kier molecular flexibility index (Phi) is 13.2. The van der Waals surface area contributed by atoms with Crippen molar-refractivity contribution < 1.29 is 14.5 Å². The molecule has 0 saturated carbocycles. The zero-order valence-corrected chi connectivity index (χ0v) is 18.0. The van der Waals surface area contributed by atoms with Gasteiger partial charge in [0.1, 0.15) is 6.61 Å². The Labute approximate surface area is 173 Å². The van der Waals surface area contributed by atoms with Crippen molar-refractivity contribution in [3.8, 4) is 0 Å². The lowest BCUT2D eigenvalue weighted by molar-refractivity contribution is -0.385. The number of alkyl halides is 2. The fourth-order valence-corrected chi connectivity index (χ4v) is 4.03. The summed E-state index contributed by atoms with van der Waals surface area (Å²) in [5.74, 6) is -0.300. The van der Waals surface area contributed by atoms with E-state index < -0.39 is 4.92 Å². The van der Waals surface area contributed by atoms with Crippen LogP contribution in [0.4, 0.5) is 5.69 Å². The van der Waals surface area contributed by atoms with Crippen LogP contribution in [-0.4, -0.2) is 24.9 Å². The van der Waals surface area contributed by atoms with Crippen LogP contribution in [0.2, 0.25) is 6.04 Å². The van der Waals surface area contributed by atoms with Gasteiger partial charge in [-0.2, -0.15) is 0 Å².